The first kappa shape index (κ1) is 25.2. The number of likely N-dealkylation sites (tertiary alicyclic amines) is 1. The zero-order valence-electron chi connectivity index (χ0n) is 22.6. The maximum Gasteiger partial charge on any atom is 0.272 e. The van der Waals surface area contributed by atoms with Crippen LogP contribution >= 0.6 is 0 Å². The summed E-state index contributed by atoms with van der Waals surface area (Å²) >= 11 is 0. The smallest absolute Gasteiger partial charge is 0.272 e. The number of aromatic nitrogens is 3. The van der Waals surface area contributed by atoms with Crippen molar-refractivity contribution in [2.75, 3.05) is 45.2 Å². The second kappa shape index (κ2) is 11.3. The predicted molar refractivity (Wildman–Crippen MR) is 150 cm³/mol. The number of carbonyl (C=O) groups is 1. The number of benzene rings is 1. The Kier molecular flexibility index (Phi) is 7.49. The van der Waals surface area contributed by atoms with Crippen molar-refractivity contribution in [3.63, 3.8) is 0 Å². The highest BCUT2D eigenvalue weighted by Crippen LogP contribution is 2.34. The number of anilines is 2. The lowest BCUT2D eigenvalue weighted by Crippen LogP contribution is -2.35. The second-order valence-corrected chi connectivity index (χ2v) is 11.3. The molecule has 8 nitrogen and oxygen atoms in total. The Hall–Kier alpha value is -3.13. The van der Waals surface area contributed by atoms with Crippen LogP contribution in [0.15, 0.2) is 36.4 Å². The Morgan fingerprint density at radius 2 is 1.63 bits per heavy atom. The summed E-state index contributed by atoms with van der Waals surface area (Å²) < 4.78 is 7.47. The van der Waals surface area contributed by atoms with E-state index in [4.69, 9.17) is 14.7 Å². The Morgan fingerprint density at radius 3 is 2.32 bits per heavy atom. The van der Waals surface area contributed by atoms with Gasteiger partial charge in [0.05, 0.1) is 7.11 Å². The zero-order valence-corrected chi connectivity index (χ0v) is 22.6. The number of nitrogens with one attached hydrogen (secondary N) is 1. The van der Waals surface area contributed by atoms with E-state index in [1.807, 2.05) is 36.4 Å². The third-order valence-corrected chi connectivity index (χ3v) is 8.67. The van der Waals surface area contributed by atoms with E-state index < -0.39 is 0 Å². The number of hydrogen-bond acceptors (Lipinski definition) is 6. The molecule has 1 aliphatic carbocycles. The van der Waals surface area contributed by atoms with Crippen molar-refractivity contribution in [1.82, 2.24) is 24.3 Å². The molecule has 1 N–H and O–H groups in total. The molecule has 0 radical (unpaired) electrons. The van der Waals surface area contributed by atoms with Crippen molar-refractivity contribution < 1.29 is 9.53 Å². The van der Waals surface area contributed by atoms with Crippen LogP contribution in [-0.2, 0) is 6.54 Å². The van der Waals surface area contributed by atoms with E-state index in [0.717, 1.165) is 61.1 Å². The van der Waals surface area contributed by atoms with Gasteiger partial charge < -0.3 is 19.9 Å². The van der Waals surface area contributed by atoms with Gasteiger partial charge in [-0.3, -0.25) is 9.36 Å². The molecule has 202 valence electrons. The summed E-state index contributed by atoms with van der Waals surface area (Å²) in [7, 11) is 1.67. The molecule has 0 unspecified atom stereocenters. The molecule has 1 aromatic carbocycles. The third-order valence-electron chi connectivity index (χ3n) is 8.67. The quantitative estimate of drug-likeness (QED) is 0.437. The average Bonchev–Trinajstić information content (AvgIpc) is 3.09. The minimum absolute atomic E-state index is 0.0661. The first-order chi connectivity index (χ1) is 18.7. The van der Waals surface area contributed by atoms with Gasteiger partial charge in [-0.15, -0.1) is 0 Å². The van der Waals surface area contributed by atoms with Crippen molar-refractivity contribution in [3.8, 4) is 5.75 Å². The maximum atomic E-state index is 13.6. The molecule has 4 fully saturated rings. The topological polar surface area (TPSA) is 75.5 Å². The molecule has 2 bridgehead atoms. The first-order valence-electron chi connectivity index (χ1n) is 14.5. The molecule has 38 heavy (non-hydrogen) atoms. The number of piperidine rings is 1. The van der Waals surface area contributed by atoms with E-state index in [-0.39, 0.29) is 5.91 Å². The summed E-state index contributed by atoms with van der Waals surface area (Å²) in [5, 5.41) is 3.49. The molecule has 2 aromatic heterocycles. The number of ether oxygens (including phenoxy) is 1. The van der Waals surface area contributed by atoms with E-state index in [1.165, 1.54) is 58.0 Å². The van der Waals surface area contributed by atoms with Crippen LogP contribution in [0.2, 0.25) is 0 Å². The van der Waals surface area contributed by atoms with Gasteiger partial charge in [0.15, 0.2) is 5.65 Å². The highest BCUT2D eigenvalue weighted by molar-refractivity contribution is 5.94. The van der Waals surface area contributed by atoms with Crippen LogP contribution in [0.5, 0.6) is 5.75 Å². The second-order valence-electron chi connectivity index (χ2n) is 11.3. The molecule has 7 rings (SSSR count). The lowest BCUT2D eigenvalue weighted by molar-refractivity contribution is 0.0734. The van der Waals surface area contributed by atoms with Crippen LogP contribution in [-0.4, -0.2) is 70.1 Å². The van der Waals surface area contributed by atoms with Crippen LogP contribution in [0.1, 0.15) is 61.9 Å². The molecule has 1 amide bonds. The minimum Gasteiger partial charge on any atom is -0.497 e. The number of imidazole rings is 1. The third kappa shape index (κ3) is 5.51. The predicted octanol–water partition coefficient (Wildman–Crippen LogP) is 5.32. The van der Waals surface area contributed by atoms with E-state index in [1.54, 1.807) is 7.11 Å². The largest absolute Gasteiger partial charge is 0.497 e. The molecular weight excluding hydrogens is 476 g/mol. The fourth-order valence-corrected chi connectivity index (χ4v) is 6.49. The molecular formula is C30H40N6O2. The van der Waals surface area contributed by atoms with Crippen LogP contribution in [0.4, 0.5) is 11.6 Å². The normalized spacial score (nSPS) is 22.0. The lowest BCUT2D eigenvalue weighted by atomic mass is 9.84. The van der Waals surface area contributed by atoms with Gasteiger partial charge in [0, 0.05) is 25.3 Å². The Morgan fingerprint density at radius 1 is 0.921 bits per heavy atom. The highest BCUT2D eigenvalue weighted by atomic mass is 16.5. The molecule has 0 spiro atoms. The number of rotatable bonds is 8. The van der Waals surface area contributed by atoms with Gasteiger partial charge in [0.2, 0.25) is 5.95 Å². The Balaban J connectivity index is 1.27. The maximum absolute atomic E-state index is 13.6. The molecule has 0 atom stereocenters. The van der Waals surface area contributed by atoms with Crippen molar-refractivity contribution in [2.45, 2.75) is 57.9 Å². The number of methoxy groups -OCH3 is 1. The first-order valence-corrected chi connectivity index (χ1v) is 14.5. The van der Waals surface area contributed by atoms with Crippen LogP contribution in [0.3, 0.4) is 0 Å². The van der Waals surface area contributed by atoms with Crippen molar-refractivity contribution in [1.29, 1.82) is 0 Å². The average molecular weight is 517 g/mol. The van der Waals surface area contributed by atoms with Gasteiger partial charge >= 0.3 is 0 Å². The molecule has 8 heteroatoms. The summed E-state index contributed by atoms with van der Waals surface area (Å²) in [5.74, 6) is 2.92. The summed E-state index contributed by atoms with van der Waals surface area (Å²) in [5.41, 5.74) is 3.07. The Bertz CT molecular complexity index is 1230. The molecule has 3 saturated heterocycles. The number of carbonyl (C=O) groups excluding carboxylic acids is 1. The summed E-state index contributed by atoms with van der Waals surface area (Å²) in [6.07, 6.45) is 9.97. The number of amides is 1. The van der Waals surface area contributed by atoms with Crippen molar-refractivity contribution >= 4 is 28.7 Å². The van der Waals surface area contributed by atoms with E-state index >= 15 is 0 Å². The zero-order chi connectivity index (χ0) is 25.9. The van der Waals surface area contributed by atoms with E-state index in [0.29, 0.717) is 17.5 Å². The van der Waals surface area contributed by atoms with Crippen molar-refractivity contribution in [3.05, 3.63) is 42.1 Å². The molecule has 4 aliphatic rings. The van der Waals surface area contributed by atoms with Gasteiger partial charge in [-0.05, 0) is 113 Å². The van der Waals surface area contributed by atoms with Gasteiger partial charge in [0.25, 0.3) is 5.91 Å². The number of nitrogens with zero attached hydrogens (tertiary/aromatic N) is 5. The summed E-state index contributed by atoms with van der Waals surface area (Å²) in [6.45, 7) is 5.98. The van der Waals surface area contributed by atoms with E-state index in [9.17, 15) is 4.79 Å². The van der Waals surface area contributed by atoms with Gasteiger partial charge in [0.1, 0.15) is 17.0 Å². The van der Waals surface area contributed by atoms with Crippen LogP contribution in [0, 0.1) is 11.8 Å². The molecule has 1 saturated carbocycles. The fraction of sp³-hybridized carbons (Fsp3) is 0.567. The minimum atomic E-state index is 0.0661. The standard InChI is InChI=1S/C30H40N6O2/c1-38-25-12-10-24(11-13-25)31-30-33-26-14-15-27(29(37)35-20-22-6-7-23(21-35)9-8-22)32-28(26)36(30)19-5-18-34-16-3-2-4-17-34/h10-15,22-23H,2-9,16-21H2,1H3,(H,31,33). The van der Waals surface area contributed by atoms with Gasteiger partial charge in [-0.2, -0.15) is 0 Å². The summed E-state index contributed by atoms with van der Waals surface area (Å²) in [6, 6.07) is 11.7. The Labute approximate surface area is 225 Å². The number of fused-ring (bicyclic) bond motifs is 5. The fourth-order valence-electron chi connectivity index (χ4n) is 6.49. The van der Waals surface area contributed by atoms with E-state index in [2.05, 4.69) is 19.7 Å². The van der Waals surface area contributed by atoms with Gasteiger partial charge in [-0.25, -0.2) is 9.97 Å². The molecule has 3 aromatic rings. The SMILES string of the molecule is COc1ccc(Nc2nc3ccc(C(=O)N4CC5CCC(CC5)C4)nc3n2CCCN2CCCCC2)cc1. The van der Waals surface area contributed by atoms with Gasteiger partial charge in [-0.1, -0.05) is 6.42 Å². The van der Waals surface area contributed by atoms with Crippen LogP contribution < -0.4 is 10.1 Å². The van der Waals surface area contributed by atoms with Crippen LogP contribution in [0.25, 0.3) is 11.2 Å². The summed E-state index contributed by atoms with van der Waals surface area (Å²) in [4.78, 5) is 28.1. The number of pyridine rings is 1. The monoisotopic (exact) mass is 516 g/mol. The number of hydrogen-bond donors (Lipinski definition) is 1. The lowest BCUT2D eigenvalue weighted by Gasteiger charge is -2.26. The highest BCUT2D eigenvalue weighted by Gasteiger charge is 2.32. The molecule has 5 heterocycles. The molecule has 3 aliphatic heterocycles. The number of aryl methyl sites for hydroxylation is 1. The van der Waals surface area contributed by atoms with Crippen molar-refractivity contribution in [2.24, 2.45) is 11.8 Å².